The zero-order valence-electron chi connectivity index (χ0n) is 14.4. The molecule has 1 aliphatic heterocycles. The van der Waals surface area contributed by atoms with E-state index in [1.54, 1.807) is 0 Å². The molecule has 3 heteroatoms. The van der Waals surface area contributed by atoms with Gasteiger partial charge >= 0.3 is 0 Å². The molecular formula is C21H23ClN2. The van der Waals surface area contributed by atoms with Gasteiger partial charge in [-0.15, -0.1) is 0 Å². The van der Waals surface area contributed by atoms with E-state index >= 15 is 0 Å². The predicted molar refractivity (Wildman–Crippen MR) is 102 cm³/mol. The molecule has 2 aromatic carbocycles. The number of benzene rings is 2. The number of hydrogen-bond donors (Lipinski definition) is 0. The summed E-state index contributed by atoms with van der Waals surface area (Å²) in [6.45, 7) is 7.12. The first-order chi connectivity index (χ1) is 11.5. The number of nitrogens with zero attached hydrogens (tertiary/aromatic N) is 2. The summed E-state index contributed by atoms with van der Waals surface area (Å²) < 4.78 is 0. The summed E-state index contributed by atoms with van der Waals surface area (Å²) in [5.41, 5.74) is 3.59. The predicted octanol–water partition coefficient (Wildman–Crippen LogP) is 5.62. The molecule has 1 aliphatic carbocycles. The molecule has 0 bridgehead atoms. The van der Waals surface area contributed by atoms with Crippen molar-refractivity contribution in [3.05, 3.63) is 65.2 Å². The summed E-state index contributed by atoms with van der Waals surface area (Å²) in [6, 6.07) is 19.0. The van der Waals surface area contributed by atoms with E-state index in [-0.39, 0.29) is 5.41 Å². The standard InChI is InChI=1S/C21H23ClN2/c1-14-13-18-19(21(14,2)3)20(16-11-7-8-12-17(16)22)23-24(18)15-9-5-4-6-10-15/h4-12,14,18-19H,13H2,1-3H3/t14?,18-,19+/m1/s1. The molecule has 2 aromatic rings. The van der Waals surface area contributed by atoms with Crippen molar-refractivity contribution in [3.63, 3.8) is 0 Å². The van der Waals surface area contributed by atoms with Gasteiger partial charge < -0.3 is 0 Å². The third-order valence-corrected chi connectivity index (χ3v) is 6.38. The first-order valence-corrected chi connectivity index (χ1v) is 9.05. The topological polar surface area (TPSA) is 15.6 Å². The fraction of sp³-hybridized carbons (Fsp3) is 0.381. The van der Waals surface area contributed by atoms with Gasteiger partial charge in [-0.3, -0.25) is 5.01 Å². The van der Waals surface area contributed by atoms with E-state index in [2.05, 4.69) is 68.2 Å². The summed E-state index contributed by atoms with van der Waals surface area (Å²) in [6.07, 6.45) is 1.16. The molecule has 1 fully saturated rings. The average Bonchev–Trinajstić information content (AvgIpc) is 3.05. The van der Waals surface area contributed by atoms with Gasteiger partial charge in [0.05, 0.1) is 17.4 Å². The number of fused-ring (bicyclic) bond motifs is 1. The van der Waals surface area contributed by atoms with Crippen molar-refractivity contribution in [3.8, 4) is 0 Å². The average molecular weight is 339 g/mol. The quantitative estimate of drug-likeness (QED) is 0.694. The lowest BCUT2D eigenvalue weighted by atomic mass is 9.72. The molecule has 2 nitrogen and oxygen atoms in total. The van der Waals surface area contributed by atoms with Crippen LogP contribution in [0, 0.1) is 17.3 Å². The molecule has 1 saturated carbocycles. The molecular weight excluding hydrogens is 316 g/mol. The van der Waals surface area contributed by atoms with E-state index in [9.17, 15) is 0 Å². The van der Waals surface area contributed by atoms with Crippen molar-refractivity contribution in [2.24, 2.45) is 22.4 Å². The number of halogens is 1. The fourth-order valence-corrected chi connectivity index (χ4v) is 4.59. The number of rotatable bonds is 2. The van der Waals surface area contributed by atoms with Gasteiger partial charge in [-0.2, -0.15) is 5.10 Å². The Kier molecular flexibility index (Phi) is 3.69. The van der Waals surface area contributed by atoms with Crippen molar-refractivity contribution in [2.75, 3.05) is 5.01 Å². The molecule has 0 radical (unpaired) electrons. The summed E-state index contributed by atoms with van der Waals surface area (Å²) in [5, 5.41) is 8.09. The van der Waals surface area contributed by atoms with E-state index < -0.39 is 0 Å². The Hall–Kier alpha value is -1.80. The molecule has 124 valence electrons. The Bertz CT molecular complexity index is 781. The molecule has 3 atom stereocenters. The number of hydrogen-bond acceptors (Lipinski definition) is 2. The number of para-hydroxylation sites is 1. The number of hydrazone groups is 1. The van der Waals surface area contributed by atoms with E-state index in [1.807, 2.05) is 12.1 Å². The van der Waals surface area contributed by atoms with Gasteiger partial charge in [0, 0.05) is 16.5 Å². The molecule has 2 aliphatic rings. The van der Waals surface area contributed by atoms with E-state index in [4.69, 9.17) is 16.7 Å². The van der Waals surface area contributed by atoms with Crippen LogP contribution in [0.4, 0.5) is 5.69 Å². The van der Waals surface area contributed by atoms with Crippen LogP contribution in [-0.2, 0) is 0 Å². The molecule has 0 N–H and O–H groups in total. The minimum atomic E-state index is 0.201. The molecule has 24 heavy (non-hydrogen) atoms. The molecule has 0 spiro atoms. The second kappa shape index (κ2) is 5.63. The van der Waals surface area contributed by atoms with Crippen LogP contribution in [0.5, 0.6) is 0 Å². The Labute approximate surface area is 149 Å². The highest BCUT2D eigenvalue weighted by atomic mass is 35.5. The lowest BCUT2D eigenvalue weighted by Gasteiger charge is -2.31. The zero-order chi connectivity index (χ0) is 16.9. The van der Waals surface area contributed by atoms with Gasteiger partial charge in [0.2, 0.25) is 0 Å². The van der Waals surface area contributed by atoms with Crippen LogP contribution in [0.2, 0.25) is 5.02 Å². The zero-order valence-corrected chi connectivity index (χ0v) is 15.2. The summed E-state index contributed by atoms with van der Waals surface area (Å²) >= 11 is 6.52. The van der Waals surface area contributed by atoms with Crippen molar-refractivity contribution >= 4 is 23.0 Å². The van der Waals surface area contributed by atoms with Crippen molar-refractivity contribution < 1.29 is 0 Å². The van der Waals surface area contributed by atoms with Crippen LogP contribution in [-0.4, -0.2) is 11.8 Å². The summed E-state index contributed by atoms with van der Waals surface area (Å²) in [7, 11) is 0. The van der Waals surface area contributed by atoms with E-state index in [1.165, 1.54) is 5.69 Å². The maximum absolute atomic E-state index is 6.52. The molecule has 1 unspecified atom stereocenters. The molecule has 0 aromatic heterocycles. The minimum Gasteiger partial charge on any atom is -0.261 e. The Morgan fingerprint density at radius 2 is 1.71 bits per heavy atom. The number of anilines is 1. The Morgan fingerprint density at radius 1 is 1.04 bits per heavy atom. The van der Waals surface area contributed by atoms with Crippen LogP contribution in [0.25, 0.3) is 0 Å². The summed E-state index contributed by atoms with van der Waals surface area (Å²) in [5.74, 6) is 1.04. The van der Waals surface area contributed by atoms with Gasteiger partial charge in [-0.1, -0.05) is 68.8 Å². The van der Waals surface area contributed by atoms with Gasteiger partial charge in [0.25, 0.3) is 0 Å². The third-order valence-electron chi connectivity index (χ3n) is 6.05. The highest BCUT2D eigenvalue weighted by molar-refractivity contribution is 6.34. The molecule has 0 saturated heterocycles. The van der Waals surface area contributed by atoms with Crippen LogP contribution >= 0.6 is 11.6 Å². The highest BCUT2D eigenvalue weighted by Gasteiger charge is 2.55. The maximum Gasteiger partial charge on any atom is 0.0754 e. The van der Waals surface area contributed by atoms with E-state index in [0.29, 0.717) is 17.9 Å². The van der Waals surface area contributed by atoms with Gasteiger partial charge in [-0.05, 0) is 36.0 Å². The fourth-order valence-electron chi connectivity index (χ4n) is 4.35. The first-order valence-electron chi connectivity index (χ1n) is 8.68. The lowest BCUT2D eigenvalue weighted by Crippen LogP contribution is -2.35. The Morgan fingerprint density at radius 3 is 2.42 bits per heavy atom. The minimum absolute atomic E-state index is 0.201. The smallest absolute Gasteiger partial charge is 0.0754 e. The van der Waals surface area contributed by atoms with Crippen molar-refractivity contribution in [1.29, 1.82) is 0 Å². The lowest BCUT2D eigenvalue weighted by molar-refractivity contribution is 0.244. The van der Waals surface area contributed by atoms with Gasteiger partial charge in [0.1, 0.15) is 0 Å². The molecule has 1 heterocycles. The van der Waals surface area contributed by atoms with Crippen LogP contribution in [0.15, 0.2) is 59.7 Å². The Balaban J connectivity index is 1.86. The normalized spacial score (nSPS) is 27.9. The second-order valence-corrected chi connectivity index (χ2v) is 8.06. The van der Waals surface area contributed by atoms with Crippen LogP contribution in [0.1, 0.15) is 32.8 Å². The monoisotopic (exact) mass is 338 g/mol. The first kappa shape index (κ1) is 15.7. The van der Waals surface area contributed by atoms with Gasteiger partial charge in [0.15, 0.2) is 0 Å². The SMILES string of the molecule is CC1C[C@@H]2[C@@H](C(c3ccccc3Cl)=NN2c2ccccc2)C1(C)C. The molecule has 4 rings (SSSR count). The second-order valence-electron chi connectivity index (χ2n) is 7.65. The van der Waals surface area contributed by atoms with Crippen molar-refractivity contribution in [1.82, 2.24) is 0 Å². The summed E-state index contributed by atoms with van der Waals surface area (Å²) in [4.78, 5) is 0. The largest absolute Gasteiger partial charge is 0.261 e. The van der Waals surface area contributed by atoms with Crippen LogP contribution in [0.3, 0.4) is 0 Å². The van der Waals surface area contributed by atoms with E-state index in [0.717, 1.165) is 22.7 Å². The highest BCUT2D eigenvalue weighted by Crippen LogP contribution is 2.54. The third kappa shape index (κ3) is 2.28. The maximum atomic E-state index is 6.52. The molecule has 0 amide bonds. The van der Waals surface area contributed by atoms with Gasteiger partial charge in [-0.25, -0.2) is 0 Å². The van der Waals surface area contributed by atoms with Crippen molar-refractivity contribution in [2.45, 2.75) is 33.2 Å². The van der Waals surface area contributed by atoms with Crippen LogP contribution < -0.4 is 5.01 Å².